The summed E-state index contributed by atoms with van der Waals surface area (Å²) in [4.78, 5) is 27.7. The first-order chi connectivity index (χ1) is 13.6. The predicted molar refractivity (Wildman–Crippen MR) is 105 cm³/mol. The van der Waals surface area contributed by atoms with Crippen molar-refractivity contribution < 1.29 is 14.3 Å². The summed E-state index contributed by atoms with van der Waals surface area (Å²) in [6, 6.07) is 14.3. The lowest BCUT2D eigenvalue weighted by atomic mass is 9.63. The van der Waals surface area contributed by atoms with Crippen molar-refractivity contribution in [2.75, 3.05) is 4.90 Å². The zero-order valence-corrected chi connectivity index (χ0v) is 15.8. The molecule has 0 spiro atoms. The molecule has 7 rings (SSSR count). The number of imide groups is 1. The summed E-state index contributed by atoms with van der Waals surface area (Å²) in [5.41, 5.74) is 0.626. The molecule has 4 nitrogen and oxygen atoms in total. The van der Waals surface area contributed by atoms with Gasteiger partial charge in [-0.2, -0.15) is 0 Å². The molecule has 28 heavy (non-hydrogen) atoms. The van der Waals surface area contributed by atoms with Crippen molar-refractivity contribution in [3.8, 4) is 11.5 Å². The van der Waals surface area contributed by atoms with Crippen LogP contribution in [0.4, 0.5) is 5.69 Å². The topological polar surface area (TPSA) is 46.6 Å². The van der Waals surface area contributed by atoms with Crippen LogP contribution in [0.1, 0.15) is 6.42 Å². The molecule has 0 N–H and O–H groups in total. The van der Waals surface area contributed by atoms with Gasteiger partial charge in [0.25, 0.3) is 0 Å². The van der Waals surface area contributed by atoms with E-state index < -0.39 is 0 Å². The zero-order chi connectivity index (χ0) is 19.0. The number of halogens is 1. The van der Waals surface area contributed by atoms with Crippen LogP contribution in [0.3, 0.4) is 0 Å². The van der Waals surface area contributed by atoms with Crippen molar-refractivity contribution in [1.29, 1.82) is 0 Å². The Balaban J connectivity index is 1.26. The van der Waals surface area contributed by atoms with Gasteiger partial charge in [0.15, 0.2) is 0 Å². The number of allylic oxidation sites excluding steroid dienone is 2. The van der Waals surface area contributed by atoms with Crippen LogP contribution in [0, 0.1) is 35.5 Å². The van der Waals surface area contributed by atoms with E-state index in [2.05, 4.69) is 12.2 Å². The smallest absolute Gasteiger partial charge is 0.238 e. The van der Waals surface area contributed by atoms with Gasteiger partial charge in [-0.25, -0.2) is 0 Å². The Morgan fingerprint density at radius 3 is 1.82 bits per heavy atom. The number of hydrogen-bond acceptors (Lipinski definition) is 3. The van der Waals surface area contributed by atoms with E-state index >= 15 is 0 Å². The van der Waals surface area contributed by atoms with Gasteiger partial charge in [-0.15, -0.1) is 0 Å². The Labute approximate surface area is 167 Å². The predicted octanol–water partition coefficient (Wildman–Crippen LogP) is 4.69. The maximum absolute atomic E-state index is 13.1. The Bertz CT molecular complexity index is 977. The second-order valence-electron chi connectivity index (χ2n) is 8.22. The number of anilines is 1. The monoisotopic (exact) mass is 391 g/mol. The lowest BCUT2D eigenvalue weighted by Crippen LogP contribution is -2.40. The molecule has 0 unspecified atom stereocenters. The van der Waals surface area contributed by atoms with Gasteiger partial charge in [-0.1, -0.05) is 23.8 Å². The maximum atomic E-state index is 13.1. The van der Waals surface area contributed by atoms with Crippen molar-refractivity contribution >= 4 is 29.1 Å². The van der Waals surface area contributed by atoms with Crippen LogP contribution in [-0.4, -0.2) is 11.8 Å². The average molecular weight is 392 g/mol. The molecule has 140 valence electrons. The van der Waals surface area contributed by atoms with Gasteiger partial charge in [0.2, 0.25) is 11.8 Å². The molecule has 0 aromatic heterocycles. The quantitative estimate of drug-likeness (QED) is 0.563. The molecule has 2 saturated carbocycles. The fourth-order valence-electron chi connectivity index (χ4n) is 5.51. The lowest BCUT2D eigenvalue weighted by Gasteiger charge is -2.37. The summed E-state index contributed by atoms with van der Waals surface area (Å²) in [5.74, 6) is 2.63. The summed E-state index contributed by atoms with van der Waals surface area (Å²) < 4.78 is 5.81. The highest BCUT2D eigenvalue weighted by atomic mass is 35.5. The van der Waals surface area contributed by atoms with E-state index in [0.717, 1.165) is 0 Å². The molecule has 3 fully saturated rings. The van der Waals surface area contributed by atoms with Crippen molar-refractivity contribution in [3.63, 3.8) is 0 Å². The highest BCUT2D eigenvalue weighted by Crippen LogP contribution is 2.65. The number of carbonyl (C=O) groups is 2. The normalized spacial score (nSPS) is 34.4. The third-order valence-electron chi connectivity index (χ3n) is 6.81. The van der Waals surface area contributed by atoms with Crippen LogP contribution in [0.5, 0.6) is 11.5 Å². The molecular formula is C23H18ClNO3. The number of ether oxygens (including phenoxy) is 1. The summed E-state index contributed by atoms with van der Waals surface area (Å²) >= 11 is 5.89. The lowest BCUT2D eigenvalue weighted by molar-refractivity contribution is -0.124. The molecule has 2 bridgehead atoms. The first-order valence-corrected chi connectivity index (χ1v) is 10.1. The second-order valence-corrected chi connectivity index (χ2v) is 8.65. The third-order valence-corrected chi connectivity index (χ3v) is 7.06. The van der Waals surface area contributed by atoms with Crippen LogP contribution in [-0.2, 0) is 9.59 Å². The highest BCUT2D eigenvalue weighted by molar-refractivity contribution is 6.30. The Morgan fingerprint density at radius 1 is 0.786 bits per heavy atom. The summed E-state index contributed by atoms with van der Waals surface area (Å²) in [7, 11) is 0. The van der Waals surface area contributed by atoms with Crippen molar-refractivity contribution in [1.82, 2.24) is 0 Å². The minimum Gasteiger partial charge on any atom is -0.457 e. The van der Waals surface area contributed by atoms with Crippen molar-refractivity contribution in [2.24, 2.45) is 35.5 Å². The van der Waals surface area contributed by atoms with Gasteiger partial charge in [0, 0.05) is 5.02 Å². The third kappa shape index (κ3) is 2.24. The SMILES string of the molecule is O=C1[C@@H]2[C@H]3C=C[C@@H]([C@@H]4C[C@@H]34)[C@H]2C(=O)N1c1ccc(Oc2ccc(Cl)cc2)cc1. The largest absolute Gasteiger partial charge is 0.457 e. The van der Waals surface area contributed by atoms with Gasteiger partial charge in [-0.3, -0.25) is 14.5 Å². The van der Waals surface area contributed by atoms with E-state index in [1.807, 2.05) is 0 Å². The molecular weight excluding hydrogens is 374 g/mol. The summed E-state index contributed by atoms with van der Waals surface area (Å²) in [6.07, 6.45) is 5.56. The number of carbonyl (C=O) groups excluding carboxylic acids is 2. The molecule has 0 radical (unpaired) electrons. The summed E-state index contributed by atoms with van der Waals surface area (Å²) in [5, 5.41) is 0.649. The van der Waals surface area contributed by atoms with Gasteiger partial charge >= 0.3 is 0 Å². The molecule has 4 aliphatic carbocycles. The van der Waals surface area contributed by atoms with Crippen LogP contribution < -0.4 is 9.64 Å². The van der Waals surface area contributed by atoms with Crippen LogP contribution in [0.25, 0.3) is 0 Å². The Morgan fingerprint density at radius 2 is 1.29 bits per heavy atom. The van der Waals surface area contributed by atoms with E-state index in [1.165, 1.54) is 11.3 Å². The first kappa shape index (κ1) is 16.4. The Kier molecular flexibility index (Phi) is 3.34. The van der Waals surface area contributed by atoms with E-state index in [1.54, 1.807) is 48.5 Å². The van der Waals surface area contributed by atoms with Crippen molar-refractivity contribution in [2.45, 2.75) is 6.42 Å². The van der Waals surface area contributed by atoms with Crippen molar-refractivity contribution in [3.05, 3.63) is 65.7 Å². The molecule has 2 amide bonds. The van der Waals surface area contributed by atoms with Gasteiger partial charge < -0.3 is 4.74 Å². The van der Waals surface area contributed by atoms with Crippen LogP contribution in [0.2, 0.25) is 5.02 Å². The van der Waals surface area contributed by atoms with Gasteiger partial charge in [0.1, 0.15) is 11.5 Å². The number of benzene rings is 2. The van der Waals surface area contributed by atoms with E-state index in [0.29, 0.717) is 34.0 Å². The molecule has 1 aliphatic heterocycles. The zero-order valence-electron chi connectivity index (χ0n) is 15.0. The number of amides is 2. The fourth-order valence-corrected chi connectivity index (χ4v) is 5.64. The van der Waals surface area contributed by atoms with Crippen LogP contribution >= 0.6 is 11.6 Å². The highest BCUT2D eigenvalue weighted by Gasteiger charge is 2.67. The molecule has 6 atom stereocenters. The molecule has 5 heteroatoms. The Hall–Kier alpha value is -2.59. The molecule has 2 aromatic carbocycles. The molecule has 1 saturated heterocycles. The number of hydrogen-bond donors (Lipinski definition) is 0. The van der Waals surface area contributed by atoms with Gasteiger partial charge in [0.05, 0.1) is 17.5 Å². The van der Waals surface area contributed by atoms with E-state index in [4.69, 9.17) is 16.3 Å². The van der Waals surface area contributed by atoms with Gasteiger partial charge in [-0.05, 0) is 78.6 Å². The molecule has 1 heterocycles. The summed E-state index contributed by atoms with van der Waals surface area (Å²) in [6.45, 7) is 0. The van der Waals surface area contributed by atoms with E-state index in [9.17, 15) is 9.59 Å². The number of rotatable bonds is 3. The molecule has 5 aliphatic rings. The minimum atomic E-state index is -0.170. The average Bonchev–Trinajstić information content (AvgIpc) is 3.49. The minimum absolute atomic E-state index is 0.0360. The number of nitrogens with zero attached hydrogens (tertiary/aromatic N) is 1. The molecule has 2 aromatic rings. The standard InChI is InChI=1S/C23H18ClNO3/c24-12-1-5-14(6-2-12)28-15-7-3-13(4-8-15)25-22(26)20-16-9-10-17(19-11-18(16)19)21(20)23(25)27/h1-10,16-21H,11H2/t16-,17-,18-,19-,20+,21+/m0/s1. The van der Waals surface area contributed by atoms with Crippen LogP contribution in [0.15, 0.2) is 60.7 Å². The second kappa shape index (κ2) is 5.71. The maximum Gasteiger partial charge on any atom is 0.238 e. The first-order valence-electron chi connectivity index (χ1n) is 9.71. The fraction of sp³-hybridized carbons (Fsp3) is 0.304. The van der Waals surface area contributed by atoms with E-state index in [-0.39, 0.29) is 35.5 Å².